The number of likely N-dealkylation sites (N-methyl/N-ethyl adjacent to an activating group) is 1. The fourth-order valence-electron chi connectivity index (χ4n) is 4.03. The molecule has 1 atom stereocenters. The van der Waals surface area contributed by atoms with Gasteiger partial charge in [0.1, 0.15) is 11.8 Å². The Labute approximate surface area is 168 Å². The number of H-pyrrole nitrogens is 1. The number of benzene rings is 1. The van der Waals surface area contributed by atoms with Crippen molar-refractivity contribution >= 4 is 28.8 Å². The van der Waals surface area contributed by atoms with E-state index in [0.717, 1.165) is 42.3 Å². The Hall–Kier alpha value is -3.29. The van der Waals surface area contributed by atoms with Crippen molar-refractivity contribution in [1.82, 2.24) is 20.6 Å². The number of amides is 2. The third-order valence-corrected chi connectivity index (χ3v) is 5.55. The number of aromatic amines is 1. The number of hydrogen-bond donors (Lipinski definition) is 4. The summed E-state index contributed by atoms with van der Waals surface area (Å²) in [6, 6.07) is 8.38. The number of nitrogens with zero attached hydrogens (tertiary/aromatic N) is 1. The van der Waals surface area contributed by atoms with E-state index in [4.69, 9.17) is 10.2 Å². The largest absolute Gasteiger partial charge is 0.451 e. The highest BCUT2D eigenvalue weighted by Gasteiger charge is 2.31. The summed E-state index contributed by atoms with van der Waals surface area (Å²) in [4.78, 5) is 32.3. The number of imidazole rings is 1. The van der Waals surface area contributed by atoms with Crippen molar-refractivity contribution in [2.75, 3.05) is 12.8 Å². The molecule has 8 heteroatoms. The average molecular weight is 395 g/mol. The Morgan fingerprint density at radius 1 is 1.21 bits per heavy atom. The van der Waals surface area contributed by atoms with Gasteiger partial charge < -0.3 is 25.8 Å². The molecule has 1 unspecified atom stereocenters. The van der Waals surface area contributed by atoms with Crippen molar-refractivity contribution < 1.29 is 14.0 Å². The van der Waals surface area contributed by atoms with Gasteiger partial charge in [-0.3, -0.25) is 9.59 Å². The van der Waals surface area contributed by atoms with Crippen LogP contribution in [0.2, 0.25) is 0 Å². The molecule has 29 heavy (non-hydrogen) atoms. The van der Waals surface area contributed by atoms with Gasteiger partial charge in [0, 0.05) is 12.6 Å². The van der Waals surface area contributed by atoms with Crippen LogP contribution in [0, 0.1) is 5.92 Å². The lowest BCUT2D eigenvalue weighted by atomic mass is 9.83. The quantitative estimate of drug-likeness (QED) is 0.528. The molecule has 1 aliphatic carbocycles. The number of aromatic nitrogens is 2. The zero-order valence-electron chi connectivity index (χ0n) is 16.3. The summed E-state index contributed by atoms with van der Waals surface area (Å²) in [5, 5.41) is 5.54. The molecular formula is C21H25N5O3. The topological polar surface area (TPSA) is 126 Å². The van der Waals surface area contributed by atoms with Crippen molar-refractivity contribution in [3.63, 3.8) is 0 Å². The molecule has 0 spiro atoms. The van der Waals surface area contributed by atoms with Crippen LogP contribution in [0.5, 0.6) is 0 Å². The molecule has 2 amide bonds. The summed E-state index contributed by atoms with van der Waals surface area (Å²) < 4.78 is 5.78. The summed E-state index contributed by atoms with van der Waals surface area (Å²) in [6.45, 7) is 0. The molecule has 4 rings (SSSR count). The Morgan fingerprint density at radius 3 is 2.76 bits per heavy atom. The predicted molar refractivity (Wildman–Crippen MR) is 110 cm³/mol. The summed E-state index contributed by atoms with van der Waals surface area (Å²) >= 11 is 0. The fourth-order valence-corrected chi connectivity index (χ4v) is 4.03. The van der Waals surface area contributed by atoms with E-state index >= 15 is 0 Å². The molecule has 0 bridgehead atoms. The van der Waals surface area contributed by atoms with Crippen LogP contribution in [-0.2, 0) is 4.79 Å². The van der Waals surface area contributed by atoms with Gasteiger partial charge in [-0.15, -0.1) is 0 Å². The number of hydrogen-bond acceptors (Lipinski definition) is 5. The minimum absolute atomic E-state index is 0.148. The lowest BCUT2D eigenvalue weighted by molar-refractivity contribution is -0.124. The number of nitrogens with two attached hydrogens (primary N) is 1. The van der Waals surface area contributed by atoms with Crippen LogP contribution in [0.1, 0.15) is 42.7 Å². The van der Waals surface area contributed by atoms with Gasteiger partial charge in [0.25, 0.3) is 5.91 Å². The Kier molecular flexibility index (Phi) is 5.24. The zero-order valence-corrected chi connectivity index (χ0v) is 16.3. The highest BCUT2D eigenvalue weighted by atomic mass is 16.4. The number of furan rings is 1. The summed E-state index contributed by atoms with van der Waals surface area (Å²) in [5.41, 5.74) is 8.04. The lowest BCUT2D eigenvalue weighted by Crippen LogP contribution is -2.50. The molecule has 0 radical (unpaired) electrons. The Bertz CT molecular complexity index is 1030. The van der Waals surface area contributed by atoms with E-state index in [9.17, 15) is 9.59 Å². The summed E-state index contributed by atoms with van der Waals surface area (Å²) in [5.74, 6) is 0.671. The molecule has 1 aromatic carbocycles. The first-order valence-electron chi connectivity index (χ1n) is 9.93. The lowest BCUT2D eigenvalue weighted by Gasteiger charge is -2.29. The van der Waals surface area contributed by atoms with Gasteiger partial charge in [0.2, 0.25) is 5.91 Å². The molecule has 3 aromatic rings. The van der Waals surface area contributed by atoms with Crippen molar-refractivity contribution in [2.45, 2.75) is 38.1 Å². The average Bonchev–Trinajstić information content (AvgIpc) is 3.37. The molecule has 2 aromatic heterocycles. The molecule has 8 nitrogen and oxygen atoms in total. The summed E-state index contributed by atoms with van der Waals surface area (Å²) in [7, 11) is 1.59. The minimum atomic E-state index is -0.550. The molecule has 2 heterocycles. The molecule has 0 aliphatic heterocycles. The summed E-state index contributed by atoms with van der Waals surface area (Å²) in [6.07, 6.45) is 5.22. The smallest absolute Gasteiger partial charge is 0.287 e. The van der Waals surface area contributed by atoms with E-state index in [1.54, 1.807) is 19.2 Å². The minimum Gasteiger partial charge on any atom is -0.451 e. The molecule has 1 aliphatic rings. The van der Waals surface area contributed by atoms with E-state index in [-0.39, 0.29) is 23.5 Å². The van der Waals surface area contributed by atoms with Gasteiger partial charge in [-0.05, 0) is 49.1 Å². The van der Waals surface area contributed by atoms with E-state index in [0.29, 0.717) is 11.7 Å². The number of carbonyl (C=O) groups excluding carboxylic acids is 2. The molecule has 1 fully saturated rings. The van der Waals surface area contributed by atoms with E-state index in [2.05, 4.69) is 20.6 Å². The van der Waals surface area contributed by atoms with Crippen molar-refractivity contribution in [3.8, 4) is 11.3 Å². The first-order valence-corrected chi connectivity index (χ1v) is 9.93. The third kappa shape index (κ3) is 3.96. The Morgan fingerprint density at radius 2 is 2.00 bits per heavy atom. The number of nitrogens with one attached hydrogen (secondary N) is 3. The number of fused-ring (bicyclic) bond motifs is 1. The van der Waals surface area contributed by atoms with Crippen LogP contribution >= 0.6 is 0 Å². The van der Waals surface area contributed by atoms with Crippen molar-refractivity contribution in [1.29, 1.82) is 0 Å². The predicted octanol–water partition coefficient (Wildman–Crippen LogP) is 2.83. The molecule has 152 valence electrons. The second-order valence-electron chi connectivity index (χ2n) is 7.48. The van der Waals surface area contributed by atoms with Crippen LogP contribution in [0.15, 0.2) is 34.7 Å². The van der Waals surface area contributed by atoms with Crippen LogP contribution in [-0.4, -0.2) is 34.9 Å². The number of anilines is 1. The Balaban J connectivity index is 1.52. The van der Waals surface area contributed by atoms with E-state index in [1.165, 1.54) is 6.42 Å². The van der Waals surface area contributed by atoms with Gasteiger partial charge >= 0.3 is 0 Å². The van der Waals surface area contributed by atoms with Crippen LogP contribution in [0.4, 0.5) is 5.95 Å². The van der Waals surface area contributed by atoms with Gasteiger partial charge in [-0.25, -0.2) is 4.98 Å². The highest BCUT2D eigenvalue weighted by Crippen LogP contribution is 2.28. The molecule has 5 N–H and O–H groups in total. The van der Waals surface area contributed by atoms with Crippen molar-refractivity contribution in [3.05, 3.63) is 36.1 Å². The van der Waals surface area contributed by atoms with Gasteiger partial charge in [0.15, 0.2) is 11.7 Å². The molecular weight excluding hydrogens is 370 g/mol. The first-order chi connectivity index (χ1) is 14.0. The molecule has 0 saturated heterocycles. The highest BCUT2D eigenvalue weighted by molar-refractivity contribution is 5.96. The number of carbonyl (C=O) groups is 2. The second-order valence-corrected chi connectivity index (χ2v) is 7.48. The van der Waals surface area contributed by atoms with Gasteiger partial charge in [0.05, 0.1) is 11.0 Å². The van der Waals surface area contributed by atoms with E-state index in [1.807, 2.05) is 18.2 Å². The first kappa shape index (κ1) is 19.0. The normalized spacial score (nSPS) is 15.9. The molecule has 1 saturated carbocycles. The maximum atomic E-state index is 12.8. The van der Waals surface area contributed by atoms with Gasteiger partial charge in [-0.2, -0.15) is 0 Å². The van der Waals surface area contributed by atoms with Crippen molar-refractivity contribution in [2.24, 2.45) is 5.92 Å². The maximum absolute atomic E-state index is 12.8. The third-order valence-electron chi connectivity index (χ3n) is 5.55. The number of rotatable bonds is 5. The van der Waals surface area contributed by atoms with Crippen LogP contribution < -0.4 is 16.4 Å². The zero-order chi connectivity index (χ0) is 20.4. The monoisotopic (exact) mass is 395 g/mol. The van der Waals surface area contributed by atoms with Crippen LogP contribution in [0.25, 0.3) is 22.4 Å². The SMILES string of the molecule is CNC(=O)C(NC(=O)c1ccc(-c2ccc3nc(N)[nH]c3c2)o1)C1CCCCC1. The number of nitrogen functional groups attached to an aromatic ring is 1. The maximum Gasteiger partial charge on any atom is 0.287 e. The fraction of sp³-hybridized carbons (Fsp3) is 0.381. The standard InChI is InChI=1S/C21H25N5O3/c1-23-20(28)18(12-5-3-2-4-6-12)26-19(27)17-10-9-16(29-17)13-7-8-14-15(11-13)25-21(22)24-14/h7-12,18H,2-6H2,1H3,(H,23,28)(H,26,27)(H3,22,24,25). The van der Waals surface area contributed by atoms with E-state index < -0.39 is 6.04 Å². The van der Waals surface area contributed by atoms with Gasteiger partial charge in [-0.1, -0.05) is 19.3 Å². The second kappa shape index (κ2) is 7.98. The van der Waals surface area contributed by atoms with Crippen LogP contribution in [0.3, 0.4) is 0 Å².